The van der Waals surface area contributed by atoms with Crippen LogP contribution in [0.5, 0.6) is 5.75 Å². The van der Waals surface area contributed by atoms with Gasteiger partial charge in [-0.15, -0.1) is 0 Å². The molecule has 0 saturated heterocycles. The SMILES string of the molecule is COc1ccc(CN[C@H](C)C2CCCC2)cc1[N+](=O)[O-]. The fourth-order valence-electron chi connectivity index (χ4n) is 2.89. The summed E-state index contributed by atoms with van der Waals surface area (Å²) < 4.78 is 5.01. The Kier molecular flexibility index (Phi) is 4.95. The summed E-state index contributed by atoms with van der Waals surface area (Å²) in [6, 6.07) is 5.58. The molecule has 0 aliphatic heterocycles. The lowest BCUT2D eigenvalue weighted by Crippen LogP contribution is -2.31. The van der Waals surface area contributed by atoms with Crippen molar-refractivity contribution in [3.8, 4) is 5.75 Å². The van der Waals surface area contributed by atoms with Crippen LogP contribution in [0.2, 0.25) is 0 Å². The van der Waals surface area contributed by atoms with Crippen LogP contribution in [-0.2, 0) is 6.54 Å². The largest absolute Gasteiger partial charge is 0.490 e. The molecule has 0 amide bonds. The maximum Gasteiger partial charge on any atom is 0.311 e. The first-order chi connectivity index (χ1) is 9.61. The van der Waals surface area contributed by atoms with Crippen molar-refractivity contribution < 1.29 is 9.66 Å². The molecular formula is C15H22N2O3. The lowest BCUT2D eigenvalue weighted by atomic mass is 9.99. The molecule has 20 heavy (non-hydrogen) atoms. The summed E-state index contributed by atoms with van der Waals surface area (Å²) in [5, 5.41) is 14.5. The van der Waals surface area contributed by atoms with Gasteiger partial charge in [-0.1, -0.05) is 18.9 Å². The van der Waals surface area contributed by atoms with Gasteiger partial charge in [-0.05, 0) is 37.3 Å². The van der Waals surface area contributed by atoms with Crippen molar-refractivity contribution in [1.82, 2.24) is 5.32 Å². The number of ether oxygens (including phenoxy) is 1. The summed E-state index contributed by atoms with van der Waals surface area (Å²) in [6.07, 6.45) is 5.23. The normalized spacial score (nSPS) is 17.1. The Morgan fingerprint density at radius 2 is 2.15 bits per heavy atom. The molecule has 1 atom stereocenters. The molecule has 110 valence electrons. The van der Waals surface area contributed by atoms with Crippen LogP contribution in [0, 0.1) is 16.0 Å². The van der Waals surface area contributed by atoms with Gasteiger partial charge >= 0.3 is 5.69 Å². The predicted octanol–water partition coefficient (Wildman–Crippen LogP) is 3.27. The van der Waals surface area contributed by atoms with Crippen molar-refractivity contribution in [2.45, 2.75) is 45.2 Å². The molecule has 0 spiro atoms. The minimum absolute atomic E-state index is 0.0281. The molecule has 0 aromatic heterocycles. The topological polar surface area (TPSA) is 64.4 Å². The Morgan fingerprint density at radius 1 is 1.45 bits per heavy atom. The Bertz CT molecular complexity index is 470. The summed E-state index contributed by atoms with van der Waals surface area (Å²) in [7, 11) is 1.45. The first-order valence-corrected chi connectivity index (χ1v) is 7.16. The number of nitro groups is 1. The second kappa shape index (κ2) is 6.70. The maximum absolute atomic E-state index is 11.0. The highest BCUT2D eigenvalue weighted by molar-refractivity contribution is 5.48. The van der Waals surface area contributed by atoms with E-state index in [9.17, 15) is 10.1 Å². The fraction of sp³-hybridized carbons (Fsp3) is 0.600. The van der Waals surface area contributed by atoms with Gasteiger partial charge in [0, 0.05) is 18.7 Å². The molecule has 1 aromatic rings. The maximum atomic E-state index is 11.0. The van der Waals surface area contributed by atoms with E-state index in [0.29, 0.717) is 18.3 Å². The number of benzene rings is 1. The molecule has 1 saturated carbocycles. The summed E-state index contributed by atoms with van der Waals surface area (Å²) in [4.78, 5) is 10.6. The summed E-state index contributed by atoms with van der Waals surface area (Å²) in [5.74, 6) is 1.05. The zero-order valence-corrected chi connectivity index (χ0v) is 12.1. The Hall–Kier alpha value is -1.62. The van der Waals surface area contributed by atoms with Crippen molar-refractivity contribution >= 4 is 5.69 Å². The number of hydrogen-bond acceptors (Lipinski definition) is 4. The third-order valence-corrected chi connectivity index (χ3v) is 4.18. The smallest absolute Gasteiger partial charge is 0.311 e. The second-order valence-electron chi connectivity index (χ2n) is 5.48. The molecule has 1 fully saturated rings. The molecule has 0 bridgehead atoms. The van der Waals surface area contributed by atoms with E-state index in [2.05, 4.69) is 12.2 Å². The van der Waals surface area contributed by atoms with Crippen LogP contribution in [-0.4, -0.2) is 18.1 Å². The van der Waals surface area contributed by atoms with Gasteiger partial charge in [0.15, 0.2) is 5.75 Å². The van der Waals surface area contributed by atoms with Gasteiger partial charge in [0.1, 0.15) is 0 Å². The first-order valence-electron chi connectivity index (χ1n) is 7.16. The standard InChI is InChI=1S/C15H22N2O3/c1-11(13-5-3-4-6-13)16-10-12-7-8-15(20-2)14(9-12)17(18)19/h7-9,11,13,16H,3-6,10H2,1-2H3/t11-/m1/s1. The van der Waals surface area contributed by atoms with Crippen LogP contribution in [0.3, 0.4) is 0 Å². The average Bonchev–Trinajstić information content (AvgIpc) is 2.98. The van der Waals surface area contributed by atoms with Crippen molar-refractivity contribution in [3.05, 3.63) is 33.9 Å². The Balaban J connectivity index is 1.98. The fourth-order valence-corrected chi connectivity index (χ4v) is 2.89. The predicted molar refractivity (Wildman–Crippen MR) is 77.9 cm³/mol. The van der Waals surface area contributed by atoms with Crippen LogP contribution in [0.25, 0.3) is 0 Å². The van der Waals surface area contributed by atoms with E-state index in [1.54, 1.807) is 12.1 Å². The molecule has 0 unspecified atom stereocenters. The van der Waals surface area contributed by atoms with Gasteiger partial charge in [0.25, 0.3) is 0 Å². The van der Waals surface area contributed by atoms with Crippen LogP contribution in [0.15, 0.2) is 18.2 Å². The average molecular weight is 278 g/mol. The van der Waals surface area contributed by atoms with Gasteiger partial charge < -0.3 is 10.1 Å². The van der Waals surface area contributed by atoms with E-state index in [0.717, 1.165) is 11.5 Å². The van der Waals surface area contributed by atoms with Gasteiger partial charge in [-0.3, -0.25) is 10.1 Å². The summed E-state index contributed by atoms with van der Waals surface area (Å²) >= 11 is 0. The number of hydrogen-bond donors (Lipinski definition) is 1. The molecule has 0 heterocycles. The van der Waals surface area contributed by atoms with Crippen molar-refractivity contribution in [1.29, 1.82) is 0 Å². The number of nitro benzene ring substituents is 1. The monoisotopic (exact) mass is 278 g/mol. The van der Waals surface area contributed by atoms with Gasteiger partial charge in [0.2, 0.25) is 0 Å². The van der Waals surface area contributed by atoms with Gasteiger partial charge in [-0.2, -0.15) is 0 Å². The highest BCUT2D eigenvalue weighted by Crippen LogP contribution is 2.29. The zero-order chi connectivity index (χ0) is 14.5. The minimum atomic E-state index is -0.400. The van der Waals surface area contributed by atoms with E-state index in [4.69, 9.17) is 4.74 Å². The van der Waals surface area contributed by atoms with Crippen LogP contribution >= 0.6 is 0 Å². The van der Waals surface area contributed by atoms with Crippen LogP contribution in [0.4, 0.5) is 5.69 Å². The molecule has 2 rings (SSSR count). The van der Waals surface area contributed by atoms with Crippen molar-refractivity contribution in [3.63, 3.8) is 0 Å². The van der Waals surface area contributed by atoms with E-state index in [-0.39, 0.29) is 5.69 Å². The molecule has 1 N–H and O–H groups in total. The number of nitrogens with one attached hydrogen (secondary N) is 1. The van der Waals surface area contributed by atoms with Crippen molar-refractivity contribution in [2.75, 3.05) is 7.11 Å². The van der Waals surface area contributed by atoms with Gasteiger partial charge in [-0.25, -0.2) is 0 Å². The molecule has 5 heteroatoms. The molecule has 1 aromatic carbocycles. The Morgan fingerprint density at radius 3 is 2.75 bits per heavy atom. The lowest BCUT2D eigenvalue weighted by molar-refractivity contribution is -0.385. The van der Waals surface area contributed by atoms with Gasteiger partial charge in [0.05, 0.1) is 12.0 Å². The summed E-state index contributed by atoms with van der Waals surface area (Å²) in [6.45, 7) is 2.86. The van der Waals surface area contributed by atoms with Crippen LogP contribution < -0.4 is 10.1 Å². The minimum Gasteiger partial charge on any atom is -0.490 e. The highest BCUT2D eigenvalue weighted by atomic mass is 16.6. The number of rotatable bonds is 6. The number of methoxy groups -OCH3 is 1. The van der Waals surface area contributed by atoms with E-state index < -0.39 is 4.92 Å². The van der Waals surface area contributed by atoms with E-state index in [1.807, 2.05) is 6.07 Å². The second-order valence-corrected chi connectivity index (χ2v) is 5.48. The highest BCUT2D eigenvalue weighted by Gasteiger charge is 2.21. The molecular weight excluding hydrogens is 256 g/mol. The van der Waals surface area contributed by atoms with E-state index in [1.165, 1.54) is 32.8 Å². The van der Waals surface area contributed by atoms with Crippen LogP contribution in [0.1, 0.15) is 38.2 Å². The summed E-state index contributed by atoms with van der Waals surface area (Å²) in [5.41, 5.74) is 0.947. The third kappa shape index (κ3) is 3.48. The first kappa shape index (κ1) is 14.8. The molecule has 0 radical (unpaired) electrons. The lowest BCUT2D eigenvalue weighted by Gasteiger charge is -2.20. The zero-order valence-electron chi connectivity index (χ0n) is 12.1. The molecule has 1 aliphatic carbocycles. The number of nitrogens with zero attached hydrogens (tertiary/aromatic N) is 1. The molecule has 1 aliphatic rings. The quantitative estimate of drug-likeness (QED) is 0.640. The third-order valence-electron chi connectivity index (χ3n) is 4.18. The molecule has 5 nitrogen and oxygen atoms in total. The van der Waals surface area contributed by atoms with E-state index >= 15 is 0 Å². The van der Waals surface area contributed by atoms with Crippen molar-refractivity contribution in [2.24, 2.45) is 5.92 Å². The Labute approximate surface area is 119 Å².